The van der Waals surface area contributed by atoms with Gasteiger partial charge in [-0.05, 0) is 48.4 Å². The van der Waals surface area contributed by atoms with Gasteiger partial charge in [-0.15, -0.1) is 0 Å². The van der Waals surface area contributed by atoms with Gasteiger partial charge < -0.3 is 20.3 Å². The minimum Gasteiger partial charge on any atom is -0.490 e. The Hall–Kier alpha value is -4.06. The largest absolute Gasteiger partial charge is 0.490 e. The number of benzene rings is 3. The lowest BCUT2D eigenvalue weighted by Gasteiger charge is -2.33. The molecule has 0 saturated carbocycles. The molecule has 4 N–H and O–H groups in total. The fourth-order valence-electron chi connectivity index (χ4n) is 4.43. The first-order valence-electron chi connectivity index (χ1n) is 12.4. The molecule has 1 aliphatic heterocycles. The van der Waals surface area contributed by atoms with Crippen molar-refractivity contribution in [1.82, 2.24) is 4.90 Å². The summed E-state index contributed by atoms with van der Waals surface area (Å²) in [6.45, 7) is 5.13. The van der Waals surface area contributed by atoms with E-state index >= 15 is 0 Å². The molecule has 4 rings (SSSR count). The number of rotatable bonds is 9. The molecule has 3 aromatic rings. The molecular weight excluding hydrogens is 446 g/mol. The lowest BCUT2D eigenvalue weighted by Crippen LogP contribution is -2.40. The molecule has 0 atom stereocenters. The summed E-state index contributed by atoms with van der Waals surface area (Å²) in [4.78, 5) is 4.43. The lowest BCUT2D eigenvalue weighted by molar-refractivity contribution is 0.130. The van der Waals surface area contributed by atoms with E-state index in [1.165, 1.54) is 5.56 Å². The number of ether oxygens (including phenoxy) is 1. The molecule has 6 heteroatoms. The number of nitrogens with two attached hydrogens (primary N) is 1. The molecule has 36 heavy (non-hydrogen) atoms. The second-order valence-corrected chi connectivity index (χ2v) is 9.19. The summed E-state index contributed by atoms with van der Waals surface area (Å²) in [6.07, 6.45) is 6.29. The number of nitrogens with one attached hydrogen (secondary N) is 2. The highest BCUT2D eigenvalue weighted by molar-refractivity contribution is 5.95. The molecule has 0 radical (unpaired) electrons. The van der Waals surface area contributed by atoms with Gasteiger partial charge in [0, 0.05) is 50.3 Å². The quantitative estimate of drug-likeness (QED) is 0.277. The molecule has 6 nitrogen and oxygen atoms in total. The second-order valence-electron chi connectivity index (χ2n) is 9.19. The Morgan fingerprint density at radius 2 is 1.72 bits per heavy atom. The highest BCUT2D eigenvalue weighted by Gasteiger charge is 2.20. The van der Waals surface area contributed by atoms with E-state index in [0.717, 1.165) is 61.6 Å². The van der Waals surface area contributed by atoms with Gasteiger partial charge in [0.05, 0.1) is 5.84 Å². The predicted molar refractivity (Wildman–Crippen MR) is 149 cm³/mol. The number of anilines is 1. The number of likely N-dealkylation sites (tertiary alicyclic amines) is 1. The maximum atomic E-state index is 7.81. The lowest BCUT2D eigenvalue weighted by atomic mass is 10.1. The zero-order valence-electron chi connectivity index (χ0n) is 20.9. The van der Waals surface area contributed by atoms with Crippen LogP contribution in [-0.2, 0) is 6.54 Å². The molecule has 1 saturated heterocycles. The van der Waals surface area contributed by atoms with Gasteiger partial charge in [-0.2, -0.15) is 0 Å². The van der Waals surface area contributed by atoms with Crippen LogP contribution in [0.3, 0.4) is 0 Å². The van der Waals surface area contributed by atoms with Crippen molar-refractivity contribution in [1.29, 1.82) is 10.8 Å². The maximum absolute atomic E-state index is 7.81. The maximum Gasteiger partial charge on any atom is 0.122 e. The SMILES string of the molecule is CC(=N)N1CCC(Oc2ccc(N(C/C=C/c3cccc(C(=N)N)c3)Cc3ccccc3)cc2)CC1. The van der Waals surface area contributed by atoms with E-state index < -0.39 is 0 Å². The van der Waals surface area contributed by atoms with Gasteiger partial charge in [0.1, 0.15) is 17.7 Å². The zero-order valence-corrected chi connectivity index (χ0v) is 20.9. The van der Waals surface area contributed by atoms with Crippen LogP contribution in [0.2, 0.25) is 0 Å². The Labute approximate surface area is 214 Å². The molecule has 0 amide bonds. The first-order chi connectivity index (χ1) is 17.5. The Morgan fingerprint density at radius 3 is 2.39 bits per heavy atom. The van der Waals surface area contributed by atoms with E-state index in [1.807, 2.05) is 37.3 Å². The summed E-state index contributed by atoms with van der Waals surface area (Å²) in [5.74, 6) is 1.60. The Kier molecular flexibility index (Phi) is 8.40. The molecule has 0 bridgehead atoms. The van der Waals surface area contributed by atoms with Crippen LogP contribution in [0.1, 0.15) is 36.5 Å². The van der Waals surface area contributed by atoms with E-state index in [1.54, 1.807) is 0 Å². The van der Waals surface area contributed by atoms with Crippen LogP contribution in [0, 0.1) is 10.8 Å². The van der Waals surface area contributed by atoms with Crippen molar-refractivity contribution in [2.24, 2.45) is 5.73 Å². The Balaban J connectivity index is 1.43. The second kappa shape index (κ2) is 12.1. The van der Waals surface area contributed by atoms with Crippen molar-refractivity contribution in [3.8, 4) is 5.75 Å². The Morgan fingerprint density at radius 1 is 1.00 bits per heavy atom. The summed E-state index contributed by atoms with van der Waals surface area (Å²) in [5, 5.41) is 15.5. The van der Waals surface area contributed by atoms with E-state index in [0.29, 0.717) is 5.84 Å². The van der Waals surface area contributed by atoms with Gasteiger partial charge in [-0.3, -0.25) is 10.8 Å². The van der Waals surface area contributed by atoms with Gasteiger partial charge in [0.2, 0.25) is 0 Å². The highest BCUT2D eigenvalue weighted by atomic mass is 16.5. The van der Waals surface area contributed by atoms with Crippen molar-refractivity contribution < 1.29 is 4.74 Å². The number of piperidine rings is 1. The zero-order chi connectivity index (χ0) is 25.3. The standard InChI is InChI=1S/C30H35N5O/c1-23(31)34-19-16-29(17-20-34)36-28-14-12-27(13-15-28)35(22-25-7-3-2-4-8-25)18-6-10-24-9-5-11-26(21-24)30(32)33/h2-15,21,29,31H,16-20,22H2,1H3,(H3,32,33)/b10-6+,31-23?. The van der Waals surface area contributed by atoms with Crippen molar-refractivity contribution in [2.45, 2.75) is 32.4 Å². The Bertz CT molecular complexity index is 1180. The molecule has 0 aliphatic carbocycles. The third kappa shape index (κ3) is 6.98. The van der Waals surface area contributed by atoms with Crippen molar-refractivity contribution in [2.75, 3.05) is 24.5 Å². The summed E-state index contributed by atoms with van der Waals surface area (Å²) in [6, 6.07) is 26.6. The van der Waals surface area contributed by atoms with Gasteiger partial charge in [-0.1, -0.05) is 60.7 Å². The first kappa shape index (κ1) is 25.0. The van der Waals surface area contributed by atoms with E-state index in [4.69, 9.17) is 21.3 Å². The number of amidine groups is 2. The minimum absolute atomic E-state index is 0.0775. The fraction of sp³-hybridized carbons (Fsp3) is 0.267. The number of nitrogens with zero attached hydrogens (tertiary/aromatic N) is 2. The van der Waals surface area contributed by atoms with Crippen LogP contribution < -0.4 is 15.4 Å². The average molecular weight is 482 g/mol. The van der Waals surface area contributed by atoms with Gasteiger partial charge >= 0.3 is 0 Å². The van der Waals surface area contributed by atoms with Crippen LogP contribution in [0.15, 0.2) is 84.9 Å². The van der Waals surface area contributed by atoms with Gasteiger partial charge in [-0.25, -0.2) is 0 Å². The molecule has 0 aromatic heterocycles. The average Bonchev–Trinajstić information content (AvgIpc) is 2.90. The van der Waals surface area contributed by atoms with Crippen LogP contribution in [-0.4, -0.2) is 42.3 Å². The molecule has 1 heterocycles. The summed E-state index contributed by atoms with van der Waals surface area (Å²) >= 11 is 0. The van der Waals surface area contributed by atoms with Gasteiger partial charge in [0.25, 0.3) is 0 Å². The van der Waals surface area contributed by atoms with Gasteiger partial charge in [0.15, 0.2) is 0 Å². The molecule has 3 aromatic carbocycles. The summed E-state index contributed by atoms with van der Waals surface area (Å²) in [7, 11) is 0. The monoisotopic (exact) mass is 481 g/mol. The normalized spacial score (nSPS) is 14.1. The highest BCUT2D eigenvalue weighted by Crippen LogP contribution is 2.24. The van der Waals surface area contributed by atoms with E-state index in [9.17, 15) is 0 Å². The summed E-state index contributed by atoms with van der Waals surface area (Å²) in [5.41, 5.74) is 9.77. The molecule has 0 spiro atoms. The van der Waals surface area contributed by atoms with Crippen LogP contribution in [0.5, 0.6) is 5.75 Å². The third-order valence-corrected chi connectivity index (χ3v) is 6.47. The fourth-order valence-corrected chi connectivity index (χ4v) is 4.43. The topological polar surface area (TPSA) is 89.4 Å². The van der Waals surface area contributed by atoms with Crippen molar-refractivity contribution >= 4 is 23.4 Å². The summed E-state index contributed by atoms with van der Waals surface area (Å²) < 4.78 is 6.25. The van der Waals surface area contributed by atoms with Crippen molar-refractivity contribution in [3.05, 3.63) is 102 Å². The van der Waals surface area contributed by atoms with E-state index in [2.05, 4.69) is 70.5 Å². The molecule has 1 fully saturated rings. The molecule has 0 unspecified atom stereocenters. The number of hydrogen-bond donors (Lipinski definition) is 3. The molecule has 1 aliphatic rings. The van der Waals surface area contributed by atoms with Crippen LogP contribution >= 0.6 is 0 Å². The van der Waals surface area contributed by atoms with Crippen LogP contribution in [0.25, 0.3) is 6.08 Å². The molecular formula is C30H35N5O. The number of hydrogen-bond acceptors (Lipinski definition) is 4. The predicted octanol–water partition coefficient (Wildman–Crippen LogP) is 5.53. The number of nitrogen functional groups attached to an aromatic ring is 1. The van der Waals surface area contributed by atoms with Crippen molar-refractivity contribution in [3.63, 3.8) is 0 Å². The molecule has 186 valence electrons. The van der Waals surface area contributed by atoms with Crippen LogP contribution in [0.4, 0.5) is 5.69 Å². The van der Waals surface area contributed by atoms with E-state index in [-0.39, 0.29) is 11.9 Å². The first-order valence-corrected chi connectivity index (χ1v) is 12.4. The smallest absolute Gasteiger partial charge is 0.122 e. The minimum atomic E-state index is 0.0775. The third-order valence-electron chi connectivity index (χ3n) is 6.47.